The topological polar surface area (TPSA) is 92.4 Å². The van der Waals surface area contributed by atoms with Gasteiger partial charge in [0.05, 0.1) is 19.2 Å². The molecule has 3 rings (SSSR count). The summed E-state index contributed by atoms with van der Waals surface area (Å²) in [7, 11) is 1.32. The minimum absolute atomic E-state index is 0.251. The van der Waals surface area contributed by atoms with Crippen molar-refractivity contribution in [3.63, 3.8) is 0 Å². The third-order valence-corrected chi connectivity index (χ3v) is 4.52. The number of methoxy groups -OCH3 is 1. The maximum atomic E-state index is 12.8. The molecule has 8 nitrogen and oxygen atoms in total. The van der Waals surface area contributed by atoms with Gasteiger partial charge in [0.2, 0.25) is 0 Å². The van der Waals surface area contributed by atoms with E-state index < -0.39 is 23.6 Å². The fourth-order valence-electron chi connectivity index (χ4n) is 3.25. The first-order valence-electron chi connectivity index (χ1n) is 9.28. The lowest BCUT2D eigenvalue weighted by Crippen LogP contribution is -2.35. The maximum absolute atomic E-state index is 12.8. The highest BCUT2D eigenvalue weighted by molar-refractivity contribution is 5.89. The van der Waals surface area contributed by atoms with Gasteiger partial charge in [-0.05, 0) is 51.3 Å². The lowest BCUT2D eigenvalue weighted by atomic mass is 10.1. The van der Waals surface area contributed by atoms with Crippen LogP contribution in [0.5, 0.6) is 0 Å². The molecular weight excluding hydrogens is 362 g/mol. The zero-order valence-corrected chi connectivity index (χ0v) is 16.6. The molecule has 0 radical (unpaired) electrons. The van der Waals surface area contributed by atoms with Gasteiger partial charge in [0.1, 0.15) is 17.5 Å². The van der Waals surface area contributed by atoms with Gasteiger partial charge in [0.15, 0.2) is 0 Å². The van der Waals surface area contributed by atoms with E-state index in [9.17, 15) is 14.4 Å². The first-order chi connectivity index (χ1) is 13.2. The van der Waals surface area contributed by atoms with Gasteiger partial charge in [-0.2, -0.15) is 5.10 Å². The van der Waals surface area contributed by atoms with Crippen LogP contribution in [0.15, 0.2) is 29.1 Å². The highest BCUT2D eigenvalue weighted by Crippen LogP contribution is 2.23. The second-order valence-corrected chi connectivity index (χ2v) is 7.86. The number of rotatable bonds is 4. The molecule has 1 aliphatic heterocycles. The first kappa shape index (κ1) is 19.9. The zero-order valence-electron chi connectivity index (χ0n) is 16.6. The van der Waals surface area contributed by atoms with E-state index in [1.807, 2.05) is 20.8 Å². The molecule has 2 aromatic rings. The SMILES string of the molecule is COC(=O)[C@H]1CCCc2nn(Cc3ccc(C(=O)OC(C)(C)C)cc3)c(=O)n21. The normalized spacial score (nSPS) is 16.4. The summed E-state index contributed by atoms with van der Waals surface area (Å²) in [5, 5.41) is 4.39. The summed E-state index contributed by atoms with van der Waals surface area (Å²) >= 11 is 0. The Morgan fingerprint density at radius 3 is 2.50 bits per heavy atom. The molecule has 0 saturated heterocycles. The van der Waals surface area contributed by atoms with Crippen molar-refractivity contribution in [1.29, 1.82) is 0 Å². The van der Waals surface area contributed by atoms with Crippen LogP contribution in [0.25, 0.3) is 0 Å². The standard InChI is InChI=1S/C20H25N3O5/c1-20(2,3)28-17(24)14-10-8-13(9-11-14)12-22-19(26)23-15(18(25)27-4)6-5-7-16(23)21-22/h8-11,15H,5-7,12H2,1-4H3/t15-/m1/s1. The van der Waals surface area contributed by atoms with E-state index in [0.29, 0.717) is 24.2 Å². The highest BCUT2D eigenvalue weighted by Gasteiger charge is 2.31. The predicted octanol–water partition coefficient (Wildman–Crippen LogP) is 2.10. The van der Waals surface area contributed by atoms with Crippen LogP contribution in [-0.2, 0) is 27.2 Å². The second-order valence-electron chi connectivity index (χ2n) is 7.86. The summed E-state index contributed by atoms with van der Waals surface area (Å²) in [5.74, 6) is -0.226. The number of carbonyl (C=O) groups is 2. The van der Waals surface area contributed by atoms with E-state index in [2.05, 4.69) is 5.10 Å². The molecular formula is C20H25N3O5. The van der Waals surface area contributed by atoms with Crippen LogP contribution in [-0.4, -0.2) is 39.0 Å². The number of fused-ring (bicyclic) bond motifs is 1. The van der Waals surface area contributed by atoms with E-state index >= 15 is 0 Å². The summed E-state index contributed by atoms with van der Waals surface area (Å²) < 4.78 is 12.9. The Balaban J connectivity index is 1.80. The van der Waals surface area contributed by atoms with Crippen LogP contribution in [0.1, 0.15) is 61.4 Å². The Bertz CT molecular complexity index is 934. The van der Waals surface area contributed by atoms with Gasteiger partial charge < -0.3 is 9.47 Å². The van der Waals surface area contributed by atoms with E-state index in [0.717, 1.165) is 12.0 Å². The van der Waals surface area contributed by atoms with Crippen molar-refractivity contribution in [2.75, 3.05) is 7.11 Å². The van der Waals surface area contributed by atoms with Gasteiger partial charge in [-0.3, -0.25) is 4.57 Å². The number of esters is 2. The summed E-state index contributed by atoms with van der Waals surface area (Å²) in [6, 6.07) is 6.25. The number of nitrogens with zero attached hydrogens (tertiary/aromatic N) is 3. The Morgan fingerprint density at radius 2 is 1.89 bits per heavy atom. The van der Waals surface area contributed by atoms with Gasteiger partial charge in [-0.1, -0.05) is 12.1 Å². The third-order valence-electron chi connectivity index (χ3n) is 4.52. The second kappa shape index (κ2) is 7.61. The number of hydrogen-bond acceptors (Lipinski definition) is 6. The molecule has 0 spiro atoms. The number of benzene rings is 1. The van der Waals surface area contributed by atoms with Crippen LogP contribution in [0.2, 0.25) is 0 Å². The summed E-state index contributed by atoms with van der Waals surface area (Å²) in [5.41, 5.74) is 0.371. The van der Waals surface area contributed by atoms with Crippen LogP contribution in [0.4, 0.5) is 0 Å². The lowest BCUT2D eigenvalue weighted by Gasteiger charge is -2.20. The maximum Gasteiger partial charge on any atom is 0.347 e. The van der Waals surface area contributed by atoms with Crippen LogP contribution < -0.4 is 5.69 Å². The first-order valence-corrected chi connectivity index (χ1v) is 9.28. The number of carbonyl (C=O) groups excluding carboxylic acids is 2. The predicted molar refractivity (Wildman–Crippen MR) is 101 cm³/mol. The molecule has 0 bridgehead atoms. The highest BCUT2D eigenvalue weighted by atomic mass is 16.6. The van der Waals surface area contributed by atoms with Gasteiger partial charge >= 0.3 is 17.6 Å². The van der Waals surface area contributed by atoms with Crippen LogP contribution in [0, 0.1) is 0 Å². The van der Waals surface area contributed by atoms with Crippen LogP contribution in [0.3, 0.4) is 0 Å². The molecule has 0 saturated carbocycles. The molecule has 1 aliphatic rings. The zero-order chi connectivity index (χ0) is 20.5. The molecule has 8 heteroatoms. The molecule has 1 aromatic heterocycles. The fourth-order valence-corrected chi connectivity index (χ4v) is 3.25. The molecule has 28 heavy (non-hydrogen) atoms. The van der Waals surface area contributed by atoms with E-state index in [-0.39, 0.29) is 12.2 Å². The van der Waals surface area contributed by atoms with Crippen molar-refractivity contribution in [2.45, 2.75) is 58.2 Å². The summed E-state index contributed by atoms with van der Waals surface area (Å²) in [6.07, 6.45) is 1.99. The third kappa shape index (κ3) is 4.16. The van der Waals surface area contributed by atoms with Crippen molar-refractivity contribution >= 4 is 11.9 Å². The van der Waals surface area contributed by atoms with E-state index in [1.54, 1.807) is 24.3 Å². The van der Waals surface area contributed by atoms with Gasteiger partial charge in [0.25, 0.3) is 0 Å². The molecule has 2 heterocycles. The Morgan fingerprint density at radius 1 is 1.21 bits per heavy atom. The number of aryl methyl sites for hydroxylation is 1. The van der Waals surface area contributed by atoms with Gasteiger partial charge in [-0.25, -0.2) is 19.1 Å². The van der Waals surface area contributed by atoms with Crippen molar-refractivity contribution < 1.29 is 19.1 Å². The molecule has 150 valence electrons. The van der Waals surface area contributed by atoms with Crippen LogP contribution >= 0.6 is 0 Å². The lowest BCUT2D eigenvalue weighted by molar-refractivity contribution is -0.145. The summed E-state index contributed by atoms with van der Waals surface area (Å²) in [4.78, 5) is 36.9. The Hall–Kier alpha value is -2.90. The smallest absolute Gasteiger partial charge is 0.347 e. The van der Waals surface area contributed by atoms with Crippen molar-refractivity contribution in [2.24, 2.45) is 0 Å². The molecule has 0 amide bonds. The molecule has 0 fully saturated rings. The molecule has 0 aliphatic carbocycles. The summed E-state index contributed by atoms with van der Waals surface area (Å²) in [6.45, 7) is 5.69. The fraction of sp³-hybridized carbons (Fsp3) is 0.500. The minimum Gasteiger partial charge on any atom is -0.467 e. The Kier molecular flexibility index (Phi) is 5.40. The average molecular weight is 387 g/mol. The van der Waals surface area contributed by atoms with Gasteiger partial charge in [-0.15, -0.1) is 0 Å². The van der Waals surface area contributed by atoms with Crippen molar-refractivity contribution in [3.8, 4) is 0 Å². The monoisotopic (exact) mass is 387 g/mol. The number of hydrogen-bond donors (Lipinski definition) is 0. The van der Waals surface area contributed by atoms with E-state index in [4.69, 9.17) is 9.47 Å². The minimum atomic E-state index is -0.621. The number of ether oxygens (including phenoxy) is 2. The number of aromatic nitrogens is 3. The Labute approximate surface area is 163 Å². The average Bonchev–Trinajstić information content (AvgIpc) is 2.96. The molecule has 1 atom stereocenters. The van der Waals surface area contributed by atoms with Gasteiger partial charge in [0, 0.05) is 6.42 Å². The van der Waals surface area contributed by atoms with Crippen molar-refractivity contribution in [1.82, 2.24) is 14.3 Å². The molecule has 0 N–H and O–H groups in total. The quantitative estimate of drug-likeness (QED) is 0.746. The largest absolute Gasteiger partial charge is 0.467 e. The molecule has 1 aromatic carbocycles. The van der Waals surface area contributed by atoms with E-state index in [1.165, 1.54) is 16.4 Å². The molecule has 0 unspecified atom stereocenters. The van der Waals surface area contributed by atoms with Crippen molar-refractivity contribution in [3.05, 3.63) is 51.7 Å².